The molecule has 0 fully saturated rings. The molecule has 0 amide bonds. The van der Waals surface area contributed by atoms with Crippen LogP contribution in [0.3, 0.4) is 0 Å². The Morgan fingerprint density at radius 1 is 1.31 bits per heavy atom. The van der Waals surface area contributed by atoms with Gasteiger partial charge < -0.3 is 9.52 Å². The molecule has 5 heteroatoms. The SMILES string of the molecule is O=c1oc2ccccc2n1CCSCCO. The van der Waals surface area contributed by atoms with E-state index in [4.69, 9.17) is 9.52 Å². The number of hydrogen-bond donors (Lipinski definition) is 1. The van der Waals surface area contributed by atoms with E-state index in [0.29, 0.717) is 17.9 Å². The van der Waals surface area contributed by atoms with Gasteiger partial charge in [0.1, 0.15) is 0 Å². The van der Waals surface area contributed by atoms with Crippen molar-refractivity contribution in [2.75, 3.05) is 18.1 Å². The molecule has 1 aromatic carbocycles. The lowest BCUT2D eigenvalue weighted by Crippen LogP contribution is -2.15. The highest BCUT2D eigenvalue weighted by atomic mass is 32.2. The molecule has 1 aromatic heterocycles. The molecule has 0 saturated heterocycles. The summed E-state index contributed by atoms with van der Waals surface area (Å²) in [5.41, 5.74) is 1.46. The molecular formula is C11H13NO3S. The van der Waals surface area contributed by atoms with Crippen LogP contribution in [0.5, 0.6) is 0 Å². The molecule has 2 rings (SSSR count). The fourth-order valence-electron chi connectivity index (χ4n) is 1.55. The first-order chi connectivity index (χ1) is 7.83. The molecule has 0 bridgehead atoms. The lowest BCUT2D eigenvalue weighted by molar-refractivity contribution is 0.322. The van der Waals surface area contributed by atoms with Crippen LogP contribution < -0.4 is 5.76 Å². The number of fused-ring (bicyclic) bond motifs is 1. The molecule has 0 saturated carbocycles. The molecule has 0 aliphatic rings. The molecule has 0 aliphatic carbocycles. The normalized spacial score (nSPS) is 11.1. The first-order valence-corrected chi connectivity index (χ1v) is 6.25. The molecule has 1 heterocycles. The van der Waals surface area contributed by atoms with Crippen molar-refractivity contribution in [3.63, 3.8) is 0 Å². The average Bonchev–Trinajstić information content (AvgIpc) is 2.61. The third kappa shape index (κ3) is 2.31. The van der Waals surface area contributed by atoms with E-state index >= 15 is 0 Å². The minimum absolute atomic E-state index is 0.172. The number of rotatable bonds is 5. The van der Waals surface area contributed by atoms with E-state index in [1.165, 1.54) is 0 Å². The molecular weight excluding hydrogens is 226 g/mol. The second kappa shape index (κ2) is 5.23. The van der Waals surface area contributed by atoms with Crippen LogP contribution in [-0.4, -0.2) is 27.8 Å². The van der Waals surface area contributed by atoms with Crippen molar-refractivity contribution in [1.29, 1.82) is 0 Å². The lowest BCUT2D eigenvalue weighted by atomic mass is 10.3. The largest absolute Gasteiger partial charge is 0.419 e. The second-order valence-corrected chi connectivity index (χ2v) is 4.55. The highest BCUT2D eigenvalue weighted by Crippen LogP contribution is 2.12. The van der Waals surface area contributed by atoms with E-state index in [-0.39, 0.29) is 12.4 Å². The second-order valence-electron chi connectivity index (χ2n) is 3.32. The smallest absolute Gasteiger partial charge is 0.408 e. The van der Waals surface area contributed by atoms with Gasteiger partial charge in [-0.3, -0.25) is 4.57 Å². The number of oxazole rings is 1. The Kier molecular flexibility index (Phi) is 3.69. The van der Waals surface area contributed by atoms with Gasteiger partial charge in [-0.25, -0.2) is 4.79 Å². The maximum atomic E-state index is 11.5. The molecule has 0 atom stereocenters. The molecule has 1 N–H and O–H groups in total. The van der Waals surface area contributed by atoms with Crippen molar-refractivity contribution in [3.8, 4) is 0 Å². The van der Waals surface area contributed by atoms with Crippen LogP contribution in [0.1, 0.15) is 0 Å². The third-order valence-electron chi connectivity index (χ3n) is 2.27. The van der Waals surface area contributed by atoms with Crippen molar-refractivity contribution in [2.45, 2.75) is 6.54 Å². The Bertz CT molecular complexity index is 517. The van der Waals surface area contributed by atoms with Gasteiger partial charge in [0.15, 0.2) is 5.58 Å². The minimum Gasteiger partial charge on any atom is -0.408 e. The topological polar surface area (TPSA) is 55.4 Å². The van der Waals surface area contributed by atoms with Crippen LogP contribution in [-0.2, 0) is 6.54 Å². The first kappa shape index (κ1) is 11.3. The van der Waals surface area contributed by atoms with Crippen LogP contribution in [0.15, 0.2) is 33.5 Å². The molecule has 0 spiro atoms. The zero-order valence-corrected chi connectivity index (χ0v) is 9.57. The number of aliphatic hydroxyl groups excluding tert-OH is 1. The highest BCUT2D eigenvalue weighted by Gasteiger charge is 2.07. The number of benzene rings is 1. The Labute approximate surface area is 96.9 Å². The Morgan fingerprint density at radius 2 is 2.12 bits per heavy atom. The van der Waals surface area contributed by atoms with Crippen LogP contribution in [0.25, 0.3) is 11.1 Å². The van der Waals surface area contributed by atoms with Crippen molar-refractivity contribution in [3.05, 3.63) is 34.8 Å². The fraction of sp³-hybridized carbons (Fsp3) is 0.364. The number of para-hydroxylation sites is 2. The molecule has 16 heavy (non-hydrogen) atoms. The number of aliphatic hydroxyl groups is 1. The van der Waals surface area contributed by atoms with Gasteiger partial charge in [0, 0.05) is 18.1 Å². The molecule has 4 nitrogen and oxygen atoms in total. The summed E-state index contributed by atoms with van der Waals surface area (Å²) >= 11 is 1.62. The molecule has 86 valence electrons. The number of aromatic nitrogens is 1. The standard InChI is InChI=1S/C11H13NO3S/c13-6-8-16-7-5-12-9-3-1-2-4-10(9)15-11(12)14/h1-4,13H,5-8H2. The average molecular weight is 239 g/mol. The van der Waals surface area contributed by atoms with Crippen molar-refractivity contribution in [1.82, 2.24) is 4.57 Å². The summed E-state index contributed by atoms with van der Waals surface area (Å²) < 4.78 is 6.73. The summed E-state index contributed by atoms with van der Waals surface area (Å²) in [6.45, 7) is 0.784. The summed E-state index contributed by atoms with van der Waals surface area (Å²) in [5.74, 6) is 1.18. The molecule has 0 radical (unpaired) electrons. The van der Waals surface area contributed by atoms with E-state index in [0.717, 1.165) is 11.3 Å². The van der Waals surface area contributed by atoms with Gasteiger partial charge in [0.05, 0.1) is 12.1 Å². The van der Waals surface area contributed by atoms with Crippen molar-refractivity contribution < 1.29 is 9.52 Å². The van der Waals surface area contributed by atoms with Crippen molar-refractivity contribution >= 4 is 22.9 Å². The van der Waals surface area contributed by atoms with Gasteiger partial charge in [-0.2, -0.15) is 11.8 Å². The number of aryl methyl sites for hydroxylation is 1. The molecule has 0 aliphatic heterocycles. The van der Waals surface area contributed by atoms with Gasteiger partial charge in [-0.1, -0.05) is 12.1 Å². The van der Waals surface area contributed by atoms with Crippen molar-refractivity contribution in [2.24, 2.45) is 0 Å². The van der Waals surface area contributed by atoms with E-state index in [1.807, 2.05) is 18.2 Å². The van der Waals surface area contributed by atoms with Gasteiger partial charge in [0.2, 0.25) is 0 Å². The van der Waals surface area contributed by atoms with Gasteiger partial charge in [-0.05, 0) is 12.1 Å². The van der Waals surface area contributed by atoms with E-state index in [9.17, 15) is 4.79 Å². The molecule has 0 unspecified atom stereocenters. The van der Waals surface area contributed by atoms with Gasteiger partial charge in [-0.15, -0.1) is 0 Å². The van der Waals surface area contributed by atoms with Crippen LogP contribution in [0, 0.1) is 0 Å². The summed E-state index contributed by atoms with van der Waals surface area (Å²) in [6.07, 6.45) is 0. The lowest BCUT2D eigenvalue weighted by Gasteiger charge is -2.00. The summed E-state index contributed by atoms with van der Waals surface area (Å²) in [5, 5.41) is 8.64. The van der Waals surface area contributed by atoms with E-state index < -0.39 is 0 Å². The minimum atomic E-state index is -0.314. The number of hydrogen-bond acceptors (Lipinski definition) is 4. The van der Waals surface area contributed by atoms with Crippen LogP contribution in [0.4, 0.5) is 0 Å². The van der Waals surface area contributed by atoms with Crippen LogP contribution >= 0.6 is 11.8 Å². The summed E-state index contributed by atoms with van der Waals surface area (Å²) in [6, 6.07) is 7.38. The predicted molar refractivity (Wildman–Crippen MR) is 64.9 cm³/mol. The Morgan fingerprint density at radius 3 is 2.94 bits per heavy atom. The third-order valence-corrected chi connectivity index (χ3v) is 3.21. The Hall–Kier alpha value is -1.20. The van der Waals surface area contributed by atoms with Gasteiger partial charge >= 0.3 is 5.76 Å². The fourth-order valence-corrected chi connectivity index (χ4v) is 2.19. The summed E-state index contributed by atoms with van der Waals surface area (Å²) in [4.78, 5) is 11.5. The number of thioether (sulfide) groups is 1. The zero-order valence-electron chi connectivity index (χ0n) is 8.76. The summed E-state index contributed by atoms with van der Waals surface area (Å²) in [7, 11) is 0. The monoisotopic (exact) mass is 239 g/mol. The maximum Gasteiger partial charge on any atom is 0.419 e. The predicted octanol–water partition coefficient (Wildman–Crippen LogP) is 1.32. The first-order valence-electron chi connectivity index (χ1n) is 5.10. The quantitative estimate of drug-likeness (QED) is 0.799. The zero-order chi connectivity index (χ0) is 11.4. The highest BCUT2D eigenvalue weighted by molar-refractivity contribution is 7.99. The van der Waals surface area contributed by atoms with Crippen LogP contribution in [0.2, 0.25) is 0 Å². The number of nitrogens with zero attached hydrogens (tertiary/aromatic N) is 1. The van der Waals surface area contributed by atoms with E-state index in [2.05, 4.69) is 0 Å². The molecule has 2 aromatic rings. The van der Waals surface area contributed by atoms with Gasteiger partial charge in [0.25, 0.3) is 0 Å². The van der Waals surface area contributed by atoms with E-state index in [1.54, 1.807) is 22.4 Å². The maximum absolute atomic E-state index is 11.5. The Balaban J connectivity index is 2.16.